The Labute approximate surface area is 159 Å². The van der Waals surface area contributed by atoms with Crippen LogP contribution in [0.5, 0.6) is 11.6 Å². The molecule has 1 aromatic carbocycles. The molecule has 1 atom stereocenters. The zero-order chi connectivity index (χ0) is 19.8. The number of ether oxygens (including phenoxy) is 1. The van der Waals surface area contributed by atoms with E-state index in [9.17, 15) is 9.59 Å². The van der Waals surface area contributed by atoms with E-state index in [1.165, 1.54) is 12.4 Å². The van der Waals surface area contributed by atoms with Gasteiger partial charge in [-0.05, 0) is 24.0 Å². The van der Waals surface area contributed by atoms with Gasteiger partial charge in [-0.25, -0.2) is 4.98 Å². The first-order valence-corrected chi connectivity index (χ1v) is 8.99. The van der Waals surface area contributed by atoms with Crippen molar-refractivity contribution in [2.75, 3.05) is 5.32 Å². The Morgan fingerprint density at radius 3 is 2.56 bits per heavy atom. The van der Waals surface area contributed by atoms with Crippen molar-refractivity contribution >= 4 is 17.5 Å². The van der Waals surface area contributed by atoms with Gasteiger partial charge in [-0.2, -0.15) is 0 Å². The average molecular weight is 370 g/mol. The van der Waals surface area contributed by atoms with Crippen molar-refractivity contribution in [3.63, 3.8) is 0 Å². The molecule has 0 aliphatic carbocycles. The van der Waals surface area contributed by atoms with Crippen LogP contribution in [-0.4, -0.2) is 27.8 Å². The third kappa shape index (κ3) is 6.69. The van der Waals surface area contributed by atoms with Crippen LogP contribution in [0.4, 0.5) is 5.69 Å². The molecule has 1 heterocycles. The lowest BCUT2D eigenvalue weighted by Crippen LogP contribution is -2.47. The van der Waals surface area contributed by atoms with Gasteiger partial charge >= 0.3 is 0 Å². The summed E-state index contributed by atoms with van der Waals surface area (Å²) in [5, 5.41) is 5.66. The number of aromatic nitrogens is 2. The van der Waals surface area contributed by atoms with Crippen molar-refractivity contribution < 1.29 is 14.3 Å². The Morgan fingerprint density at radius 2 is 1.93 bits per heavy atom. The third-order valence-corrected chi connectivity index (χ3v) is 3.72. The van der Waals surface area contributed by atoms with E-state index >= 15 is 0 Å². The monoisotopic (exact) mass is 370 g/mol. The number of hydrogen-bond donors (Lipinski definition) is 2. The van der Waals surface area contributed by atoms with E-state index < -0.39 is 6.04 Å². The summed E-state index contributed by atoms with van der Waals surface area (Å²) in [6.07, 6.45) is 4.99. The first-order chi connectivity index (χ1) is 12.8. The molecule has 1 aromatic heterocycles. The molecule has 0 radical (unpaired) electrons. The fourth-order valence-corrected chi connectivity index (χ4v) is 2.45. The predicted octanol–water partition coefficient (Wildman–Crippen LogP) is 3.39. The maximum absolute atomic E-state index is 12.7. The summed E-state index contributed by atoms with van der Waals surface area (Å²) in [6.45, 7) is 7.72. The standard InChI is InChI=1S/C20H26N4O3/c1-13(2)10-17(25)24-19(14(3)4)20(26)23-15-6-5-7-16(11-15)27-18-12-21-8-9-22-18/h5-9,11-14,19H,10H2,1-4H3,(H,23,26)(H,24,25). The van der Waals surface area contributed by atoms with Gasteiger partial charge in [-0.15, -0.1) is 0 Å². The fraction of sp³-hybridized carbons (Fsp3) is 0.400. The zero-order valence-corrected chi connectivity index (χ0v) is 16.1. The molecule has 0 fully saturated rings. The minimum Gasteiger partial charge on any atom is -0.437 e. The topological polar surface area (TPSA) is 93.2 Å². The Kier molecular flexibility index (Phi) is 7.28. The lowest BCUT2D eigenvalue weighted by atomic mass is 10.0. The number of rotatable bonds is 8. The summed E-state index contributed by atoms with van der Waals surface area (Å²) in [6, 6.07) is 6.37. The van der Waals surface area contributed by atoms with Crippen LogP contribution in [0.15, 0.2) is 42.9 Å². The molecule has 1 unspecified atom stereocenters. The van der Waals surface area contributed by atoms with Gasteiger partial charge in [0.1, 0.15) is 11.8 Å². The largest absolute Gasteiger partial charge is 0.437 e. The van der Waals surface area contributed by atoms with Crippen LogP contribution in [0.1, 0.15) is 34.1 Å². The van der Waals surface area contributed by atoms with Crippen molar-refractivity contribution in [3.05, 3.63) is 42.9 Å². The number of carbonyl (C=O) groups is 2. The molecule has 7 heteroatoms. The SMILES string of the molecule is CC(C)CC(=O)NC(C(=O)Nc1cccc(Oc2cnccn2)c1)C(C)C. The number of benzene rings is 1. The van der Waals surface area contributed by atoms with E-state index in [2.05, 4.69) is 20.6 Å². The molecule has 0 bridgehead atoms. The molecule has 2 rings (SSSR count). The van der Waals surface area contributed by atoms with E-state index in [4.69, 9.17) is 4.74 Å². The predicted molar refractivity (Wildman–Crippen MR) is 103 cm³/mol. The van der Waals surface area contributed by atoms with E-state index in [1.54, 1.807) is 30.5 Å². The molecule has 0 spiro atoms. The highest BCUT2D eigenvalue weighted by Crippen LogP contribution is 2.22. The van der Waals surface area contributed by atoms with Crippen molar-refractivity contribution in [3.8, 4) is 11.6 Å². The smallest absolute Gasteiger partial charge is 0.247 e. The highest BCUT2D eigenvalue weighted by Gasteiger charge is 2.24. The second-order valence-electron chi connectivity index (χ2n) is 7.05. The van der Waals surface area contributed by atoms with Crippen molar-refractivity contribution in [1.82, 2.24) is 15.3 Å². The van der Waals surface area contributed by atoms with Crippen LogP contribution >= 0.6 is 0 Å². The van der Waals surface area contributed by atoms with Crippen LogP contribution in [0.25, 0.3) is 0 Å². The molecule has 7 nitrogen and oxygen atoms in total. The Hall–Kier alpha value is -2.96. The van der Waals surface area contributed by atoms with Crippen LogP contribution in [0.3, 0.4) is 0 Å². The molecule has 2 aromatic rings. The maximum Gasteiger partial charge on any atom is 0.247 e. The number of nitrogens with one attached hydrogen (secondary N) is 2. The van der Waals surface area contributed by atoms with Gasteiger partial charge in [0.15, 0.2) is 0 Å². The van der Waals surface area contributed by atoms with Gasteiger partial charge in [0.25, 0.3) is 0 Å². The van der Waals surface area contributed by atoms with Crippen LogP contribution < -0.4 is 15.4 Å². The summed E-state index contributed by atoms with van der Waals surface area (Å²) >= 11 is 0. The average Bonchev–Trinajstić information content (AvgIpc) is 2.60. The number of carbonyl (C=O) groups excluding carboxylic acids is 2. The lowest BCUT2D eigenvalue weighted by Gasteiger charge is -2.22. The molecular formula is C20H26N4O3. The van der Waals surface area contributed by atoms with Crippen molar-refractivity contribution in [2.24, 2.45) is 11.8 Å². The van der Waals surface area contributed by atoms with E-state index in [0.29, 0.717) is 23.7 Å². The fourth-order valence-electron chi connectivity index (χ4n) is 2.45. The highest BCUT2D eigenvalue weighted by molar-refractivity contribution is 5.97. The summed E-state index contributed by atoms with van der Waals surface area (Å²) in [4.78, 5) is 32.7. The number of amides is 2. The van der Waals surface area contributed by atoms with E-state index in [-0.39, 0.29) is 23.7 Å². The Morgan fingerprint density at radius 1 is 1.15 bits per heavy atom. The quantitative estimate of drug-likeness (QED) is 0.743. The van der Waals surface area contributed by atoms with E-state index in [0.717, 1.165) is 0 Å². The molecule has 2 amide bonds. The lowest BCUT2D eigenvalue weighted by molar-refractivity contribution is -0.127. The van der Waals surface area contributed by atoms with Gasteiger partial charge in [0.05, 0.1) is 6.20 Å². The first-order valence-electron chi connectivity index (χ1n) is 8.99. The van der Waals surface area contributed by atoms with Gasteiger partial charge in [0, 0.05) is 30.6 Å². The summed E-state index contributed by atoms with van der Waals surface area (Å²) in [5.41, 5.74) is 0.574. The van der Waals surface area contributed by atoms with Gasteiger partial charge < -0.3 is 15.4 Å². The normalized spacial score (nSPS) is 11.9. The molecule has 2 N–H and O–H groups in total. The van der Waals surface area contributed by atoms with E-state index in [1.807, 2.05) is 27.7 Å². The highest BCUT2D eigenvalue weighted by atomic mass is 16.5. The van der Waals surface area contributed by atoms with Crippen molar-refractivity contribution in [1.29, 1.82) is 0 Å². The molecule has 0 saturated carbocycles. The second kappa shape index (κ2) is 9.66. The number of anilines is 1. The van der Waals surface area contributed by atoms with Crippen molar-refractivity contribution in [2.45, 2.75) is 40.2 Å². The minimum atomic E-state index is -0.610. The molecule has 0 aliphatic heterocycles. The number of hydrogen-bond acceptors (Lipinski definition) is 5. The molecular weight excluding hydrogens is 344 g/mol. The summed E-state index contributed by atoms with van der Waals surface area (Å²) in [7, 11) is 0. The van der Waals surface area contributed by atoms with Gasteiger partial charge in [-0.1, -0.05) is 33.8 Å². The maximum atomic E-state index is 12.7. The van der Waals surface area contributed by atoms with Gasteiger partial charge in [-0.3, -0.25) is 14.6 Å². The molecule has 0 saturated heterocycles. The third-order valence-electron chi connectivity index (χ3n) is 3.72. The Balaban J connectivity index is 2.04. The Bertz CT molecular complexity index is 763. The molecule has 27 heavy (non-hydrogen) atoms. The van der Waals surface area contributed by atoms with Crippen LogP contribution in [0, 0.1) is 11.8 Å². The minimum absolute atomic E-state index is 0.0415. The number of nitrogens with zero attached hydrogens (tertiary/aromatic N) is 2. The molecule has 0 aliphatic rings. The first kappa shape index (κ1) is 20.4. The summed E-state index contributed by atoms with van der Waals surface area (Å²) < 4.78 is 5.62. The van der Waals surface area contributed by atoms with Gasteiger partial charge in [0.2, 0.25) is 17.7 Å². The van der Waals surface area contributed by atoms with Crippen LogP contribution in [-0.2, 0) is 9.59 Å². The zero-order valence-electron chi connectivity index (χ0n) is 16.1. The van der Waals surface area contributed by atoms with Crippen LogP contribution in [0.2, 0.25) is 0 Å². The second-order valence-corrected chi connectivity index (χ2v) is 7.05. The summed E-state index contributed by atoms with van der Waals surface area (Å²) in [5.74, 6) is 0.688. The molecule has 144 valence electrons.